The zero-order valence-corrected chi connectivity index (χ0v) is 38.7. The van der Waals surface area contributed by atoms with Crippen molar-refractivity contribution in [2.45, 2.75) is 135 Å². The maximum Gasteiger partial charge on any atom is 0.412 e. The summed E-state index contributed by atoms with van der Waals surface area (Å²) in [6.45, 7) is 9.92. The molecule has 10 nitrogen and oxygen atoms in total. The number of hydrogen-bond acceptors (Lipinski definition) is 9. The van der Waals surface area contributed by atoms with Crippen molar-refractivity contribution in [3.8, 4) is 0 Å². The number of para-hydroxylation sites is 2. The third-order valence-corrected chi connectivity index (χ3v) is 14.2. The van der Waals surface area contributed by atoms with Crippen LogP contribution in [0.2, 0.25) is 0 Å². The van der Waals surface area contributed by atoms with Crippen LogP contribution in [0.1, 0.15) is 134 Å². The molecular weight excluding hydrogens is 870 g/mol. The molecule has 2 fully saturated rings. The molecule has 2 N–H and O–H groups in total. The number of aliphatic hydroxyl groups is 1. The van der Waals surface area contributed by atoms with E-state index in [-0.39, 0.29) is 40.0 Å². The van der Waals surface area contributed by atoms with Gasteiger partial charge in [0, 0.05) is 52.7 Å². The van der Waals surface area contributed by atoms with Crippen molar-refractivity contribution < 1.29 is 42.4 Å². The number of fused-ring (bicyclic) bond motifs is 2. The summed E-state index contributed by atoms with van der Waals surface area (Å²) >= 11 is 9.53. The molecule has 352 valence electrons. The topological polar surface area (TPSA) is 133 Å². The van der Waals surface area contributed by atoms with E-state index in [4.69, 9.17) is 46.2 Å². The van der Waals surface area contributed by atoms with Gasteiger partial charge in [-0.05, 0) is 113 Å². The molecule has 4 aromatic rings. The lowest BCUT2D eigenvalue weighted by Crippen LogP contribution is -2.50. The molecule has 13 heteroatoms. The summed E-state index contributed by atoms with van der Waals surface area (Å²) < 4.78 is 30.7. The fourth-order valence-corrected chi connectivity index (χ4v) is 11.9. The average Bonchev–Trinajstić information content (AvgIpc) is 4.05. The highest BCUT2D eigenvalue weighted by atomic mass is 35.5. The number of amides is 1. The Bertz CT molecular complexity index is 2270. The van der Waals surface area contributed by atoms with E-state index in [0.29, 0.717) is 17.5 Å². The van der Waals surface area contributed by atoms with Gasteiger partial charge in [-0.3, -0.25) is 10.0 Å². The zero-order chi connectivity index (χ0) is 44.7. The van der Waals surface area contributed by atoms with Crippen molar-refractivity contribution in [3.63, 3.8) is 0 Å². The van der Waals surface area contributed by atoms with Crippen LogP contribution in [0, 0.1) is 10.8 Å². The van der Waals surface area contributed by atoms with E-state index >= 15 is 0 Å². The number of ether oxygens (including phenoxy) is 3. The third-order valence-electron chi connectivity index (χ3n) is 14.2. The van der Waals surface area contributed by atoms with Gasteiger partial charge in [-0.2, -0.15) is 4.99 Å². The smallest absolute Gasteiger partial charge is 0.412 e. The number of benzene rings is 2. The number of hydrogen-bond donors (Lipinski definition) is 2. The Kier molecular flexibility index (Phi) is 17.7. The second-order valence-corrected chi connectivity index (χ2v) is 18.4. The first-order chi connectivity index (χ1) is 30.5. The van der Waals surface area contributed by atoms with Crippen LogP contribution in [0.3, 0.4) is 0 Å². The van der Waals surface area contributed by atoms with Crippen LogP contribution < -0.4 is 5.32 Å². The highest BCUT2D eigenvalue weighted by Gasteiger charge is 2.65. The molecule has 6 aliphatic rings. The summed E-state index contributed by atoms with van der Waals surface area (Å²) in [5.74, 6) is 2.83. The summed E-state index contributed by atoms with van der Waals surface area (Å²) in [6.07, 6.45) is 18.7. The molecule has 0 saturated carbocycles. The van der Waals surface area contributed by atoms with E-state index in [9.17, 15) is 14.7 Å². The lowest BCUT2D eigenvalue weighted by molar-refractivity contribution is -0.126. The van der Waals surface area contributed by atoms with E-state index in [1.165, 1.54) is 34.8 Å². The van der Waals surface area contributed by atoms with Crippen LogP contribution in [0.5, 0.6) is 0 Å². The Hall–Kier alpha value is -4.48. The van der Waals surface area contributed by atoms with Gasteiger partial charge in [-0.1, -0.05) is 82.7 Å². The van der Waals surface area contributed by atoms with Gasteiger partial charge < -0.3 is 28.2 Å². The molecule has 10 rings (SSSR count). The van der Waals surface area contributed by atoms with Crippen molar-refractivity contribution >= 4 is 46.7 Å². The zero-order valence-electron chi connectivity index (χ0n) is 37.2. The van der Waals surface area contributed by atoms with Crippen LogP contribution in [0.4, 0.5) is 20.9 Å². The van der Waals surface area contributed by atoms with Gasteiger partial charge in [0.1, 0.15) is 28.8 Å². The summed E-state index contributed by atoms with van der Waals surface area (Å²) in [6, 6.07) is 22.6. The molecule has 2 saturated heterocycles. The number of aliphatic hydroxyl groups excluding tert-OH is 1. The quantitative estimate of drug-likeness (QED) is 0.0875. The number of carbonyl (C=O) groups excluding carboxylic acids is 2. The largest absolute Gasteiger partial charge is 0.469 e. The SMILES string of the molecule is C.C[C@@H]1C[C@@]23CCCCO[C@@]2(CC=C3[C@@H](C)O)c2ccoc21.C[C@@H]1C[C@@]23CCCCO[C@@]2(CC=C3[C@@H](C)OC(=O)Nc2ccccc2)c2ccoc21.ClCCl.F.O=C=Nc1ccccc1. The summed E-state index contributed by atoms with van der Waals surface area (Å²) in [4.78, 5) is 25.7. The van der Waals surface area contributed by atoms with E-state index in [1.807, 2.05) is 62.4 Å². The van der Waals surface area contributed by atoms with E-state index < -0.39 is 17.8 Å². The van der Waals surface area contributed by atoms with E-state index in [0.717, 1.165) is 88.2 Å². The van der Waals surface area contributed by atoms with Crippen molar-refractivity contribution in [2.75, 3.05) is 23.9 Å². The van der Waals surface area contributed by atoms with E-state index in [2.05, 4.69) is 48.4 Å². The minimum atomic E-state index is -0.425. The second kappa shape index (κ2) is 22.3. The molecule has 2 aromatic carbocycles. The molecule has 1 amide bonds. The normalized spacial score (nSPS) is 28.5. The molecule has 2 aliphatic heterocycles. The van der Waals surface area contributed by atoms with Crippen molar-refractivity contribution in [1.29, 1.82) is 0 Å². The number of alkyl halides is 2. The number of nitrogens with zero attached hydrogens (tertiary/aromatic N) is 1. The Morgan fingerprint density at radius 1 is 0.800 bits per heavy atom. The Labute approximate surface area is 393 Å². The van der Waals surface area contributed by atoms with Gasteiger partial charge in [-0.15, -0.1) is 23.2 Å². The van der Waals surface area contributed by atoms with Gasteiger partial charge in [0.15, 0.2) is 0 Å². The highest BCUT2D eigenvalue weighted by Crippen LogP contribution is 2.68. The number of rotatable bonds is 5. The standard InChI is InChI=1S/C25H29NO4.C18H24O3.C7H5NO.CH2Cl2.CH4.FH/c1-17-16-24-12-6-7-14-29-25(24,21-11-15-28-22(17)21)13-10-20(24)18(2)30-23(27)26-19-8-4-3-5-9-19;1-12-11-17-7-3-4-9-21-18(17,8-5-14(17)13(2)19)15-6-10-20-16(12)15;9-6-8-7-4-2-1-3-5-7;2-1-3;;/h3-5,8-11,15,17-18H,6-7,12-14,16H2,1-2H3,(H,26,27);5-6,10,12-13,19H,3-4,7-9,11H2,1-2H3;1-5H;1H2;1H4;1H/t17-,18-,24-,25+;12-,13-,17-,18+;;;;/m11..../s1. The molecule has 4 aliphatic carbocycles. The molecule has 0 spiro atoms. The number of aliphatic imine (C=N–C) groups is 1. The number of carbonyl (C=O) groups is 1. The van der Waals surface area contributed by atoms with Gasteiger partial charge in [0.2, 0.25) is 6.08 Å². The first-order valence-corrected chi connectivity index (χ1v) is 23.4. The molecule has 0 unspecified atom stereocenters. The number of halogens is 3. The predicted molar refractivity (Wildman–Crippen MR) is 254 cm³/mol. The summed E-state index contributed by atoms with van der Waals surface area (Å²) in [7, 11) is 0. The third kappa shape index (κ3) is 9.70. The lowest BCUT2D eigenvalue weighted by atomic mass is 9.56. The molecule has 0 radical (unpaired) electrons. The van der Waals surface area contributed by atoms with Crippen LogP contribution in [0.15, 0.2) is 122 Å². The van der Waals surface area contributed by atoms with Crippen molar-refractivity contribution in [2.24, 2.45) is 15.8 Å². The van der Waals surface area contributed by atoms with Gasteiger partial charge >= 0.3 is 6.09 Å². The van der Waals surface area contributed by atoms with Crippen LogP contribution >= 0.6 is 23.2 Å². The Morgan fingerprint density at radius 3 is 1.77 bits per heavy atom. The number of isocyanates is 1. The van der Waals surface area contributed by atoms with E-state index in [1.54, 1.807) is 24.7 Å². The minimum absolute atomic E-state index is 0. The molecule has 65 heavy (non-hydrogen) atoms. The fourth-order valence-electron chi connectivity index (χ4n) is 11.9. The molecule has 8 atom stereocenters. The monoisotopic (exact) mass is 934 g/mol. The van der Waals surface area contributed by atoms with Crippen LogP contribution in [0.25, 0.3) is 0 Å². The number of furan rings is 2. The Morgan fingerprint density at radius 2 is 1.28 bits per heavy atom. The maximum atomic E-state index is 12.6. The number of nitrogens with one attached hydrogen (secondary N) is 1. The minimum Gasteiger partial charge on any atom is -0.469 e. The van der Waals surface area contributed by atoms with Gasteiger partial charge in [0.25, 0.3) is 0 Å². The van der Waals surface area contributed by atoms with Gasteiger partial charge in [0.05, 0.1) is 29.7 Å². The maximum absolute atomic E-state index is 12.6. The summed E-state index contributed by atoms with van der Waals surface area (Å²) in [5.41, 5.74) is 5.29. The molecular formula is C52H65Cl2FN2O8. The highest BCUT2D eigenvalue weighted by molar-refractivity contribution is 6.40. The van der Waals surface area contributed by atoms with Crippen LogP contribution in [-0.2, 0) is 30.2 Å². The number of anilines is 1. The fraction of sp³-hybridized carbons (Fsp3) is 0.500. The second-order valence-electron chi connectivity index (χ2n) is 17.6. The summed E-state index contributed by atoms with van der Waals surface area (Å²) in [5, 5.41) is 13.4. The molecule has 0 bridgehead atoms. The average molecular weight is 936 g/mol. The molecule has 2 aromatic heterocycles. The first-order valence-electron chi connectivity index (χ1n) is 22.3. The molecule has 4 heterocycles. The lowest BCUT2D eigenvalue weighted by Gasteiger charge is -2.51. The first kappa shape index (κ1) is 51.5. The van der Waals surface area contributed by atoms with Crippen molar-refractivity contribution in [1.82, 2.24) is 0 Å². The Balaban J connectivity index is 0.000000197. The predicted octanol–water partition coefficient (Wildman–Crippen LogP) is 13.9. The van der Waals surface area contributed by atoms with Crippen molar-refractivity contribution in [3.05, 3.63) is 131 Å². The van der Waals surface area contributed by atoms with Crippen LogP contribution in [-0.4, -0.2) is 48.0 Å². The van der Waals surface area contributed by atoms with Gasteiger partial charge in [-0.25, -0.2) is 9.59 Å².